The Bertz CT molecular complexity index is 567. The van der Waals surface area contributed by atoms with Crippen LogP contribution in [0.4, 0.5) is 0 Å². The van der Waals surface area contributed by atoms with E-state index in [-0.39, 0.29) is 0 Å². The standard InChI is InChI=1S/C16H23N3/c1-17-10-4-3-5-12-6-9-15-14(11-12)18-16(19(15)2)13-7-8-13/h6,9,11,13,17H,3-5,7-8,10H2,1-2H3. The molecule has 0 unspecified atom stereocenters. The SMILES string of the molecule is CNCCCCc1ccc2c(c1)nc(C1CC1)n2C. The van der Waals surface area contributed by atoms with Gasteiger partial charge in [0.05, 0.1) is 11.0 Å². The Morgan fingerprint density at radius 3 is 2.89 bits per heavy atom. The average molecular weight is 257 g/mol. The van der Waals surface area contributed by atoms with E-state index in [0.717, 1.165) is 18.9 Å². The van der Waals surface area contributed by atoms with Crippen molar-refractivity contribution in [1.82, 2.24) is 14.9 Å². The summed E-state index contributed by atoms with van der Waals surface area (Å²) >= 11 is 0. The zero-order valence-electron chi connectivity index (χ0n) is 11.9. The summed E-state index contributed by atoms with van der Waals surface area (Å²) in [5, 5.41) is 3.20. The van der Waals surface area contributed by atoms with Gasteiger partial charge in [-0.2, -0.15) is 0 Å². The van der Waals surface area contributed by atoms with Gasteiger partial charge < -0.3 is 9.88 Å². The summed E-state index contributed by atoms with van der Waals surface area (Å²) in [7, 11) is 4.16. The second kappa shape index (κ2) is 5.33. The molecule has 2 aromatic rings. The molecule has 1 aliphatic rings. The highest BCUT2D eigenvalue weighted by Crippen LogP contribution is 2.40. The molecule has 1 aromatic heterocycles. The van der Waals surface area contributed by atoms with Gasteiger partial charge in [-0.25, -0.2) is 4.98 Å². The Morgan fingerprint density at radius 1 is 1.32 bits per heavy atom. The van der Waals surface area contributed by atoms with Gasteiger partial charge in [0.25, 0.3) is 0 Å². The second-order valence-corrected chi connectivity index (χ2v) is 5.69. The molecule has 0 radical (unpaired) electrons. The van der Waals surface area contributed by atoms with Crippen molar-refractivity contribution >= 4 is 11.0 Å². The number of aromatic nitrogens is 2. The van der Waals surface area contributed by atoms with E-state index in [1.54, 1.807) is 0 Å². The maximum absolute atomic E-state index is 4.83. The lowest BCUT2D eigenvalue weighted by molar-refractivity contribution is 0.677. The van der Waals surface area contributed by atoms with Crippen LogP contribution in [0.5, 0.6) is 0 Å². The van der Waals surface area contributed by atoms with Crippen molar-refractivity contribution in [3.8, 4) is 0 Å². The van der Waals surface area contributed by atoms with Gasteiger partial charge in [-0.3, -0.25) is 0 Å². The predicted molar refractivity (Wildman–Crippen MR) is 79.6 cm³/mol. The molecule has 102 valence electrons. The van der Waals surface area contributed by atoms with E-state index < -0.39 is 0 Å². The molecule has 19 heavy (non-hydrogen) atoms. The van der Waals surface area contributed by atoms with Crippen molar-refractivity contribution in [3.63, 3.8) is 0 Å². The van der Waals surface area contributed by atoms with Gasteiger partial charge >= 0.3 is 0 Å². The lowest BCUT2D eigenvalue weighted by atomic mass is 10.1. The minimum Gasteiger partial charge on any atom is -0.331 e. The van der Waals surface area contributed by atoms with Crippen LogP contribution in [0.2, 0.25) is 0 Å². The average Bonchev–Trinajstić information content (AvgIpc) is 3.21. The smallest absolute Gasteiger partial charge is 0.112 e. The van der Waals surface area contributed by atoms with Crippen LogP contribution in [-0.4, -0.2) is 23.1 Å². The molecule has 0 saturated heterocycles. The van der Waals surface area contributed by atoms with Gasteiger partial charge in [0, 0.05) is 13.0 Å². The number of unbranched alkanes of at least 4 members (excludes halogenated alkanes) is 1. The highest BCUT2D eigenvalue weighted by molar-refractivity contribution is 5.77. The first kappa shape index (κ1) is 12.7. The molecule has 0 amide bonds. The van der Waals surface area contributed by atoms with Crippen molar-refractivity contribution in [3.05, 3.63) is 29.6 Å². The molecule has 1 aliphatic carbocycles. The van der Waals surface area contributed by atoms with E-state index in [2.05, 4.69) is 35.1 Å². The molecule has 1 aromatic carbocycles. The molecule has 1 fully saturated rings. The number of fused-ring (bicyclic) bond motifs is 1. The van der Waals surface area contributed by atoms with Gasteiger partial charge in [0.1, 0.15) is 5.82 Å². The van der Waals surface area contributed by atoms with E-state index in [1.807, 2.05) is 7.05 Å². The molecular weight excluding hydrogens is 234 g/mol. The normalized spacial score (nSPS) is 15.3. The van der Waals surface area contributed by atoms with Gasteiger partial charge in [0.2, 0.25) is 0 Å². The summed E-state index contributed by atoms with van der Waals surface area (Å²) < 4.78 is 2.28. The second-order valence-electron chi connectivity index (χ2n) is 5.69. The molecule has 0 spiro atoms. The van der Waals surface area contributed by atoms with Crippen molar-refractivity contribution in [2.45, 2.75) is 38.0 Å². The summed E-state index contributed by atoms with van der Waals surface area (Å²) in [6.07, 6.45) is 6.27. The zero-order chi connectivity index (χ0) is 13.2. The van der Waals surface area contributed by atoms with E-state index in [4.69, 9.17) is 4.98 Å². The van der Waals surface area contributed by atoms with Crippen molar-refractivity contribution in [2.24, 2.45) is 7.05 Å². The number of nitrogens with one attached hydrogen (secondary N) is 1. The van der Waals surface area contributed by atoms with Crippen molar-refractivity contribution < 1.29 is 0 Å². The number of nitrogens with zero attached hydrogens (tertiary/aromatic N) is 2. The first-order chi connectivity index (χ1) is 9.29. The quantitative estimate of drug-likeness (QED) is 0.806. The van der Waals surface area contributed by atoms with Crippen LogP contribution in [0.1, 0.15) is 43.0 Å². The molecule has 0 aliphatic heterocycles. The van der Waals surface area contributed by atoms with E-state index >= 15 is 0 Å². The maximum atomic E-state index is 4.83. The van der Waals surface area contributed by atoms with Crippen molar-refractivity contribution in [2.75, 3.05) is 13.6 Å². The fourth-order valence-electron chi connectivity index (χ4n) is 2.76. The van der Waals surface area contributed by atoms with Crippen LogP contribution >= 0.6 is 0 Å². The summed E-state index contributed by atoms with van der Waals surface area (Å²) in [6, 6.07) is 6.78. The van der Waals surface area contributed by atoms with Crippen LogP contribution in [0.15, 0.2) is 18.2 Å². The molecule has 1 heterocycles. The van der Waals surface area contributed by atoms with E-state index in [1.165, 1.54) is 48.1 Å². The summed E-state index contributed by atoms with van der Waals surface area (Å²) in [6.45, 7) is 1.11. The largest absolute Gasteiger partial charge is 0.331 e. The number of hydrogen-bond acceptors (Lipinski definition) is 2. The van der Waals surface area contributed by atoms with Crippen LogP contribution in [0, 0.1) is 0 Å². The third-order valence-electron chi connectivity index (χ3n) is 4.06. The lowest BCUT2D eigenvalue weighted by Gasteiger charge is -2.02. The van der Waals surface area contributed by atoms with Gasteiger partial charge in [-0.1, -0.05) is 6.07 Å². The number of hydrogen-bond donors (Lipinski definition) is 1. The third kappa shape index (κ3) is 2.66. The number of benzene rings is 1. The summed E-state index contributed by atoms with van der Waals surface area (Å²) in [5.41, 5.74) is 3.88. The number of aryl methyl sites for hydroxylation is 2. The highest BCUT2D eigenvalue weighted by Gasteiger charge is 2.28. The van der Waals surface area contributed by atoms with E-state index in [9.17, 15) is 0 Å². The van der Waals surface area contributed by atoms with Crippen molar-refractivity contribution in [1.29, 1.82) is 0 Å². The predicted octanol–water partition coefficient (Wildman–Crippen LogP) is 2.99. The lowest BCUT2D eigenvalue weighted by Crippen LogP contribution is -2.07. The molecule has 3 rings (SSSR count). The molecule has 0 atom stereocenters. The monoisotopic (exact) mass is 257 g/mol. The Kier molecular flexibility index (Phi) is 3.56. The summed E-state index contributed by atoms with van der Waals surface area (Å²) in [4.78, 5) is 4.83. The summed E-state index contributed by atoms with van der Waals surface area (Å²) in [5.74, 6) is 2.00. The maximum Gasteiger partial charge on any atom is 0.112 e. The molecule has 1 saturated carbocycles. The minimum absolute atomic E-state index is 0.719. The fraction of sp³-hybridized carbons (Fsp3) is 0.562. The minimum atomic E-state index is 0.719. The van der Waals surface area contributed by atoms with Gasteiger partial charge in [0.15, 0.2) is 0 Å². The van der Waals surface area contributed by atoms with Crippen LogP contribution < -0.4 is 5.32 Å². The highest BCUT2D eigenvalue weighted by atomic mass is 15.1. The Morgan fingerprint density at radius 2 is 2.16 bits per heavy atom. The third-order valence-corrected chi connectivity index (χ3v) is 4.06. The zero-order valence-corrected chi connectivity index (χ0v) is 11.9. The number of rotatable bonds is 6. The Hall–Kier alpha value is -1.35. The van der Waals surface area contributed by atoms with Crippen LogP contribution in [0.3, 0.4) is 0 Å². The van der Waals surface area contributed by atoms with Gasteiger partial charge in [-0.15, -0.1) is 0 Å². The fourth-order valence-corrected chi connectivity index (χ4v) is 2.76. The van der Waals surface area contributed by atoms with Gasteiger partial charge in [-0.05, 0) is 63.4 Å². The topological polar surface area (TPSA) is 29.9 Å². The first-order valence-corrected chi connectivity index (χ1v) is 7.39. The van der Waals surface area contributed by atoms with E-state index in [0.29, 0.717) is 0 Å². The molecule has 3 heteroatoms. The number of imidazole rings is 1. The van der Waals surface area contributed by atoms with Crippen LogP contribution in [0.25, 0.3) is 11.0 Å². The first-order valence-electron chi connectivity index (χ1n) is 7.39. The Labute approximate surface area is 115 Å². The Balaban J connectivity index is 1.76. The molecule has 3 nitrogen and oxygen atoms in total. The van der Waals surface area contributed by atoms with Crippen LogP contribution in [-0.2, 0) is 13.5 Å². The molecule has 0 bridgehead atoms. The molecule has 1 N–H and O–H groups in total. The molecular formula is C16H23N3.